The van der Waals surface area contributed by atoms with Crippen LogP contribution in [0.3, 0.4) is 0 Å². The van der Waals surface area contributed by atoms with Crippen LogP contribution in [0.1, 0.15) is 27.7 Å². The number of primary amides is 1. The number of nitrogens with zero attached hydrogens (tertiary/aromatic N) is 3. The summed E-state index contributed by atoms with van der Waals surface area (Å²) < 4.78 is 17.4. The Labute approximate surface area is 189 Å². The fourth-order valence-electron chi connectivity index (χ4n) is 2.87. The van der Waals surface area contributed by atoms with Crippen molar-refractivity contribution in [2.75, 3.05) is 0 Å². The predicted octanol–water partition coefficient (Wildman–Crippen LogP) is 3.46. The third-order valence-corrected chi connectivity index (χ3v) is 5.02. The normalized spacial score (nSPS) is 12.8. The van der Waals surface area contributed by atoms with Crippen LogP contribution in [0.25, 0.3) is 22.3 Å². The largest absolute Gasteiger partial charge is 0.441 e. The number of aryl methyl sites for hydroxylation is 1. The van der Waals surface area contributed by atoms with Crippen LogP contribution in [0.5, 0.6) is 0 Å². The molecule has 0 saturated heterocycles. The molecule has 1 amide bonds. The number of benzene rings is 2. The molecule has 3 N–H and O–H groups in total. The van der Waals surface area contributed by atoms with E-state index in [4.69, 9.17) is 10.2 Å². The van der Waals surface area contributed by atoms with Gasteiger partial charge in [-0.25, -0.2) is 19.3 Å². The van der Waals surface area contributed by atoms with Gasteiger partial charge in [0.25, 0.3) is 9.51 Å². The highest BCUT2D eigenvalue weighted by Gasteiger charge is 2.28. The fraction of sp³-hybridized carbons (Fsp3) is 0.0909. The van der Waals surface area contributed by atoms with Crippen LogP contribution < -0.4 is 5.73 Å². The highest BCUT2D eigenvalue weighted by molar-refractivity contribution is 14.1. The van der Waals surface area contributed by atoms with Crippen LogP contribution in [0.15, 0.2) is 53.1 Å². The van der Waals surface area contributed by atoms with Gasteiger partial charge in [-0.2, -0.15) is 0 Å². The van der Waals surface area contributed by atoms with Crippen molar-refractivity contribution in [2.45, 2.75) is 10.5 Å². The summed E-state index contributed by atoms with van der Waals surface area (Å²) in [6.45, 7) is 1.72. The van der Waals surface area contributed by atoms with E-state index in [0.29, 0.717) is 22.3 Å². The number of aliphatic hydroxyl groups is 1. The molecule has 1 atom stereocenters. The number of halogens is 2. The topological polar surface area (TPSA) is 115 Å². The molecule has 154 valence electrons. The van der Waals surface area contributed by atoms with E-state index in [1.165, 1.54) is 24.4 Å². The van der Waals surface area contributed by atoms with Gasteiger partial charge in [0, 0.05) is 22.6 Å². The molecule has 7 nitrogen and oxygen atoms in total. The van der Waals surface area contributed by atoms with E-state index in [0.717, 1.165) is 0 Å². The monoisotopic (exact) mass is 528 g/mol. The Morgan fingerprint density at radius 2 is 2.06 bits per heavy atom. The number of hydrogen-bond donors (Lipinski definition) is 2. The van der Waals surface area contributed by atoms with E-state index >= 15 is 0 Å². The maximum absolute atomic E-state index is 13.7. The molecule has 2 aromatic carbocycles. The molecule has 0 radical (unpaired) electrons. The van der Waals surface area contributed by atoms with E-state index < -0.39 is 15.3 Å². The van der Waals surface area contributed by atoms with Crippen molar-refractivity contribution < 1.29 is 18.7 Å². The van der Waals surface area contributed by atoms with Crippen LogP contribution in [0.2, 0.25) is 0 Å². The zero-order valence-electron chi connectivity index (χ0n) is 16.1. The molecule has 0 unspecified atom stereocenters. The summed E-state index contributed by atoms with van der Waals surface area (Å²) in [5.74, 6) is 5.20. The molecule has 2 heterocycles. The lowest BCUT2D eigenvalue weighted by atomic mass is 10.1. The maximum Gasteiger partial charge on any atom is 0.268 e. The Hall–Kier alpha value is -3.36. The number of nitrogens with two attached hydrogens (primary N) is 1. The number of carbonyl (C=O) groups excluding carboxylic acids is 1. The van der Waals surface area contributed by atoms with E-state index in [1.807, 2.05) is 0 Å². The molecule has 0 aliphatic rings. The second-order valence-corrected chi connectivity index (χ2v) is 8.21. The van der Waals surface area contributed by atoms with Crippen LogP contribution in [-0.4, -0.2) is 26.0 Å². The Bertz CT molecular complexity index is 1390. The third kappa shape index (κ3) is 4.40. The van der Waals surface area contributed by atoms with Gasteiger partial charge in [0.2, 0.25) is 5.89 Å². The first kappa shape index (κ1) is 20.9. The molecular formula is C22H14FIN4O3. The summed E-state index contributed by atoms with van der Waals surface area (Å²) in [4.78, 5) is 24.5. The molecule has 31 heavy (non-hydrogen) atoms. The number of hydrogen-bond acceptors (Lipinski definition) is 6. The summed E-state index contributed by atoms with van der Waals surface area (Å²) in [7, 11) is 0. The van der Waals surface area contributed by atoms with Gasteiger partial charge in [0.05, 0.1) is 11.7 Å². The molecule has 0 saturated carbocycles. The first-order valence-electron chi connectivity index (χ1n) is 8.98. The first-order chi connectivity index (χ1) is 14.7. The molecule has 9 heteroatoms. The molecule has 0 spiro atoms. The lowest BCUT2D eigenvalue weighted by molar-refractivity contribution is 0.0997. The Morgan fingerprint density at radius 1 is 1.26 bits per heavy atom. The molecule has 0 fully saturated rings. The molecule has 0 aliphatic heterocycles. The molecule has 0 bridgehead atoms. The van der Waals surface area contributed by atoms with Crippen LogP contribution >= 0.6 is 22.6 Å². The highest BCUT2D eigenvalue weighted by Crippen LogP contribution is 2.28. The average Bonchev–Trinajstić information content (AvgIpc) is 3.19. The minimum atomic E-state index is -1.61. The molecule has 2 aromatic heterocycles. The number of oxazole rings is 1. The summed E-state index contributed by atoms with van der Waals surface area (Å²) in [6.07, 6.45) is 1.50. The first-order valence-corrected chi connectivity index (χ1v) is 10.1. The van der Waals surface area contributed by atoms with Gasteiger partial charge in [0.1, 0.15) is 17.3 Å². The maximum atomic E-state index is 13.7. The standard InChI is InChI=1S/C22H14FIN4O3/c1-12-11-26-21(31-12)22(24,30)8-7-13-3-2-4-14(9-13)20-27-17-10-15(23)5-6-16(17)18(28-20)19(25)29/h2-6,9-11,30H,1H3,(H2,25,29)/t22-/m0/s1. The van der Waals surface area contributed by atoms with Crippen molar-refractivity contribution in [2.24, 2.45) is 5.73 Å². The number of alkyl halides is 1. The Kier molecular flexibility index (Phi) is 5.43. The second-order valence-electron chi connectivity index (χ2n) is 6.65. The quantitative estimate of drug-likeness (QED) is 0.239. The predicted molar refractivity (Wildman–Crippen MR) is 119 cm³/mol. The van der Waals surface area contributed by atoms with Gasteiger partial charge in [-0.05, 0) is 59.7 Å². The van der Waals surface area contributed by atoms with Crippen molar-refractivity contribution in [1.29, 1.82) is 0 Å². The van der Waals surface area contributed by atoms with Gasteiger partial charge in [-0.3, -0.25) is 4.79 Å². The van der Waals surface area contributed by atoms with Crippen molar-refractivity contribution >= 4 is 39.4 Å². The van der Waals surface area contributed by atoms with E-state index in [-0.39, 0.29) is 22.9 Å². The average molecular weight is 528 g/mol. The number of amides is 1. The summed E-state index contributed by atoms with van der Waals surface area (Å²) in [5.41, 5.74) is 6.82. The van der Waals surface area contributed by atoms with Gasteiger partial charge < -0.3 is 15.3 Å². The van der Waals surface area contributed by atoms with Crippen LogP contribution in [0, 0.1) is 24.6 Å². The van der Waals surface area contributed by atoms with Crippen LogP contribution in [-0.2, 0) is 3.61 Å². The number of rotatable bonds is 3. The van der Waals surface area contributed by atoms with Gasteiger partial charge in [-0.1, -0.05) is 18.1 Å². The zero-order chi connectivity index (χ0) is 22.2. The second kappa shape index (κ2) is 8.05. The van der Waals surface area contributed by atoms with Crippen molar-refractivity contribution in [3.63, 3.8) is 0 Å². The SMILES string of the molecule is Cc1cnc([C@](O)(I)C#Cc2cccc(-c3nc(C(N)=O)c4ccc(F)cc4n3)c2)o1. The lowest BCUT2D eigenvalue weighted by Gasteiger charge is -2.09. The zero-order valence-corrected chi connectivity index (χ0v) is 18.2. The minimum absolute atomic E-state index is 0.00242. The smallest absolute Gasteiger partial charge is 0.268 e. The molecular weight excluding hydrogens is 514 g/mol. The molecule has 4 rings (SSSR count). The van der Waals surface area contributed by atoms with E-state index in [9.17, 15) is 14.3 Å². The molecule has 4 aromatic rings. The van der Waals surface area contributed by atoms with Crippen molar-refractivity contribution in [3.05, 3.63) is 77.4 Å². The molecule has 0 aliphatic carbocycles. The lowest BCUT2D eigenvalue weighted by Crippen LogP contribution is -2.15. The Balaban J connectivity index is 1.76. The number of carbonyl (C=O) groups is 1. The third-order valence-electron chi connectivity index (χ3n) is 4.29. The van der Waals surface area contributed by atoms with Crippen molar-refractivity contribution in [1.82, 2.24) is 15.0 Å². The number of aromatic nitrogens is 3. The Morgan fingerprint density at radius 3 is 2.77 bits per heavy atom. The van der Waals surface area contributed by atoms with Gasteiger partial charge in [-0.15, -0.1) is 0 Å². The van der Waals surface area contributed by atoms with Gasteiger partial charge >= 0.3 is 0 Å². The number of fused-ring (bicyclic) bond motifs is 1. The van der Waals surface area contributed by atoms with E-state index in [2.05, 4.69) is 26.8 Å². The van der Waals surface area contributed by atoms with Gasteiger partial charge in [0.15, 0.2) is 5.82 Å². The summed E-state index contributed by atoms with van der Waals surface area (Å²) >= 11 is 1.74. The fourth-order valence-corrected chi connectivity index (χ4v) is 3.26. The highest BCUT2D eigenvalue weighted by atomic mass is 127. The van der Waals surface area contributed by atoms with Crippen molar-refractivity contribution in [3.8, 4) is 23.2 Å². The van der Waals surface area contributed by atoms with Crippen LogP contribution in [0.4, 0.5) is 4.39 Å². The summed E-state index contributed by atoms with van der Waals surface area (Å²) in [5, 5.41) is 10.9. The van der Waals surface area contributed by atoms with E-state index in [1.54, 1.807) is 53.8 Å². The minimum Gasteiger partial charge on any atom is -0.441 e. The summed E-state index contributed by atoms with van der Waals surface area (Å²) in [6, 6.07) is 10.7.